The van der Waals surface area contributed by atoms with E-state index in [1.807, 2.05) is 0 Å². The number of nitrogens with zero attached hydrogens (tertiary/aromatic N) is 1. The first kappa shape index (κ1) is 14.0. The van der Waals surface area contributed by atoms with Gasteiger partial charge in [0.15, 0.2) is 0 Å². The average Bonchev–Trinajstić information content (AvgIpc) is 2.16. The van der Waals surface area contributed by atoms with Gasteiger partial charge in [-0.25, -0.2) is 0 Å². The fourth-order valence-corrected chi connectivity index (χ4v) is 3.05. The molecule has 0 aromatic heterocycles. The Hall–Kier alpha value is -0.0800. The first-order valence-corrected chi connectivity index (χ1v) is 6.91. The number of rotatable bonds is 5. The van der Waals surface area contributed by atoms with E-state index in [1.165, 1.54) is 38.5 Å². The zero-order chi connectivity index (χ0) is 12.2. The number of hydrogen-bond donors (Lipinski definition) is 1. The third-order valence-corrected chi connectivity index (χ3v) is 3.79. The van der Waals surface area contributed by atoms with Crippen LogP contribution in [0.4, 0.5) is 0 Å². The summed E-state index contributed by atoms with van der Waals surface area (Å²) in [6.45, 7) is 7.55. The number of hydrogen-bond acceptors (Lipinski definition) is 2. The van der Waals surface area contributed by atoms with Crippen LogP contribution < -0.4 is 5.73 Å². The van der Waals surface area contributed by atoms with Crippen molar-refractivity contribution in [2.45, 2.75) is 70.9 Å². The highest BCUT2D eigenvalue weighted by Crippen LogP contribution is 2.30. The molecule has 1 aliphatic carbocycles. The molecule has 0 aromatic rings. The van der Waals surface area contributed by atoms with Gasteiger partial charge >= 0.3 is 0 Å². The zero-order valence-corrected chi connectivity index (χ0v) is 11.6. The predicted molar refractivity (Wildman–Crippen MR) is 71.6 cm³/mol. The molecule has 2 heteroatoms. The maximum atomic E-state index is 6.08. The van der Waals surface area contributed by atoms with Crippen LogP contribution in [0.1, 0.15) is 59.3 Å². The Bertz CT molecular complexity index is 187. The van der Waals surface area contributed by atoms with E-state index in [9.17, 15) is 0 Å². The minimum absolute atomic E-state index is 0.0605. The van der Waals surface area contributed by atoms with Crippen molar-refractivity contribution in [1.82, 2.24) is 4.90 Å². The van der Waals surface area contributed by atoms with Crippen molar-refractivity contribution in [1.29, 1.82) is 0 Å². The molecule has 0 radical (unpaired) electrons. The van der Waals surface area contributed by atoms with E-state index >= 15 is 0 Å². The maximum Gasteiger partial charge on any atom is 0.0226 e. The molecule has 0 amide bonds. The molecule has 2 N–H and O–H groups in total. The maximum absolute atomic E-state index is 6.08. The minimum Gasteiger partial charge on any atom is -0.324 e. The van der Waals surface area contributed by atoms with Gasteiger partial charge in [-0.1, -0.05) is 19.8 Å². The number of nitrogens with two attached hydrogens (primary N) is 1. The van der Waals surface area contributed by atoms with Crippen molar-refractivity contribution in [3.63, 3.8) is 0 Å². The number of likely N-dealkylation sites (N-methyl/N-ethyl adjacent to an activating group) is 1. The SMILES string of the molecule is CCCC1CCC(N(C)CC(C)(C)N)CC1. The molecule has 2 nitrogen and oxygen atoms in total. The second-order valence-corrected chi connectivity index (χ2v) is 6.37. The molecule has 1 aliphatic rings. The summed E-state index contributed by atoms with van der Waals surface area (Å²) in [5.74, 6) is 1.00. The molecule has 1 rings (SSSR count). The van der Waals surface area contributed by atoms with Crippen molar-refractivity contribution in [2.75, 3.05) is 13.6 Å². The smallest absolute Gasteiger partial charge is 0.0226 e. The summed E-state index contributed by atoms with van der Waals surface area (Å²) in [6, 6.07) is 0.774. The summed E-state index contributed by atoms with van der Waals surface area (Å²) >= 11 is 0. The lowest BCUT2D eigenvalue weighted by Gasteiger charge is -2.37. The van der Waals surface area contributed by atoms with Crippen LogP contribution in [0, 0.1) is 5.92 Å². The normalized spacial score (nSPS) is 27.4. The van der Waals surface area contributed by atoms with Gasteiger partial charge in [-0.15, -0.1) is 0 Å². The summed E-state index contributed by atoms with van der Waals surface area (Å²) in [5.41, 5.74) is 6.02. The summed E-state index contributed by atoms with van der Waals surface area (Å²) in [4.78, 5) is 2.47. The van der Waals surface area contributed by atoms with Crippen molar-refractivity contribution in [3.8, 4) is 0 Å². The molecule has 0 heterocycles. The van der Waals surface area contributed by atoms with Gasteiger partial charge in [0.1, 0.15) is 0 Å². The van der Waals surface area contributed by atoms with Gasteiger partial charge < -0.3 is 10.6 Å². The van der Waals surface area contributed by atoms with Crippen LogP contribution in [0.5, 0.6) is 0 Å². The van der Waals surface area contributed by atoms with Crippen LogP contribution in [-0.2, 0) is 0 Å². The van der Waals surface area contributed by atoms with Gasteiger partial charge in [-0.3, -0.25) is 0 Å². The summed E-state index contributed by atoms with van der Waals surface area (Å²) in [6.07, 6.45) is 8.37. The lowest BCUT2D eigenvalue weighted by Crippen LogP contribution is -2.48. The molecule has 0 atom stereocenters. The van der Waals surface area contributed by atoms with E-state index in [2.05, 4.69) is 32.7 Å². The highest BCUT2D eigenvalue weighted by Gasteiger charge is 2.25. The monoisotopic (exact) mass is 226 g/mol. The highest BCUT2D eigenvalue weighted by atomic mass is 15.1. The molecule has 96 valence electrons. The highest BCUT2D eigenvalue weighted by molar-refractivity contribution is 4.83. The summed E-state index contributed by atoms with van der Waals surface area (Å²) in [5, 5.41) is 0. The van der Waals surface area contributed by atoms with Crippen LogP contribution >= 0.6 is 0 Å². The van der Waals surface area contributed by atoms with Crippen molar-refractivity contribution >= 4 is 0 Å². The third kappa shape index (κ3) is 4.84. The second-order valence-electron chi connectivity index (χ2n) is 6.37. The van der Waals surface area contributed by atoms with Crippen LogP contribution in [0.3, 0.4) is 0 Å². The standard InChI is InChI=1S/C14H30N2/c1-5-6-12-7-9-13(10-8-12)16(4)11-14(2,3)15/h12-13H,5-11,15H2,1-4H3. The third-order valence-electron chi connectivity index (χ3n) is 3.79. The molecule has 0 aliphatic heterocycles. The Morgan fingerprint density at radius 2 is 1.75 bits per heavy atom. The van der Waals surface area contributed by atoms with E-state index in [-0.39, 0.29) is 5.54 Å². The molecular formula is C14H30N2. The molecule has 0 aromatic carbocycles. The Kier molecular flexibility index (Phi) is 5.26. The molecule has 0 saturated heterocycles. The Morgan fingerprint density at radius 1 is 1.19 bits per heavy atom. The molecule has 0 spiro atoms. The predicted octanol–water partition coefficient (Wildman–Crippen LogP) is 3.01. The van der Waals surface area contributed by atoms with Crippen LogP contribution in [0.15, 0.2) is 0 Å². The minimum atomic E-state index is -0.0605. The Balaban J connectivity index is 2.30. The average molecular weight is 226 g/mol. The second kappa shape index (κ2) is 6.02. The Labute approximate surface area is 102 Å². The van der Waals surface area contributed by atoms with Gasteiger partial charge in [0.2, 0.25) is 0 Å². The van der Waals surface area contributed by atoms with Crippen LogP contribution in [0.2, 0.25) is 0 Å². The lowest BCUT2D eigenvalue weighted by molar-refractivity contribution is 0.141. The van der Waals surface area contributed by atoms with E-state index < -0.39 is 0 Å². The van der Waals surface area contributed by atoms with Crippen molar-refractivity contribution in [3.05, 3.63) is 0 Å². The molecule has 0 bridgehead atoms. The molecule has 1 saturated carbocycles. The van der Waals surface area contributed by atoms with Gasteiger partial charge in [0.05, 0.1) is 0 Å². The quantitative estimate of drug-likeness (QED) is 0.781. The molecule has 0 unspecified atom stereocenters. The fraction of sp³-hybridized carbons (Fsp3) is 1.00. The van der Waals surface area contributed by atoms with Gasteiger partial charge in [0, 0.05) is 18.1 Å². The van der Waals surface area contributed by atoms with E-state index in [0.717, 1.165) is 18.5 Å². The largest absolute Gasteiger partial charge is 0.324 e. The van der Waals surface area contributed by atoms with Crippen LogP contribution in [-0.4, -0.2) is 30.1 Å². The zero-order valence-electron chi connectivity index (χ0n) is 11.6. The molecular weight excluding hydrogens is 196 g/mol. The molecule has 1 fully saturated rings. The summed E-state index contributed by atoms with van der Waals surface area (Å²) < 4.78 is 0. The molecule has 16 heavy (non-hydrogen) atoms. The lowest BCUT2D eigenvalue weighted by atomic mass is 9.83. The first-order chi connectivity index (χ1) is 7.42. The van der Waals surface area contributed by atoms with E-state index in [4.69, 9.17) is 5.73 Å². The fourth-order valence-electron chi connectivity index (χ4n) is 3.05. The van der Waals surface area contributed by atoms with Gasteiger partial charge in [-0.05, 0) is 52.5 Å². The Morgan fingerprint density at radius 3 is 2.19 bits per heavy atom. The topological polar surface area (TPSA) is 29.3 Å². The first-order valence-electron chi connectivity index (χ1n) is 6.91. The summed E-state index contributed by atoms with van der Waals surface area (Å²) in [7, 11) is 2.24. The van der Waals surface area contributed by atoms with Gasteiger partial charge in [0.25, 0.3) is 0 Å². The van der Waals surface area contributed by atoms with Crippen molar-refractivity contribution < 1.29 is 0 Å². The van der Waals surface area contributed by atoms with E-state index in [0.29, 0.717) is 0 Å². The van der Waals surface area contributed by atoms with Crippen molar-refractivity contribution in [2.24, 2.45) is 11.7 Å². The van der Waals surface area contributed by atoms with E-state index in [1.54, 1.807) is 0 Å². The van der Waals surface area contributed by atoms with Gasteiger partial charge in [-0.2, -0.15) is 0 Å². The van der Waals surface area contributed by atoms with Crippen LogP contribution in [0.25, 0.3) is 0 Å².